The molecule has 1 aliphatic heterocycles. The Labute approximate surface area is 128 Å². The van der Waals surface area contributed by atoms with Gasteiger partial charge in [-0.3, -0.25) is 4.99 Å². The van der Waals surface area contributed by atoms with Crippen LogP contribution in [0.15, 0.2) is 26.7 Å². The topological polar surface area (TPSA) is 97.0 Å². The van der Waals surface area contributed by atoms with Crippen molar-refractivity contribution >= 4 is 27.3 Å². The van der Waals surface area contributed by atoms with Crippen LogP contribution in [0.1, 0.15) is 6.92 Å². The summed E-state index contributed by atoms with van der Waals surface area (Å²) in [5.74, 6) is 0.431. The molecule has 0 spiro atoms. The summed E-state index contributed by atoms with van der Waals surface area (Å²) in [6.07, 6.45) is 0.129. The molecule has 0 saturated carbocycles. The van der Waals surface area contributed by atoms with Gasteiger partial charge >= 0.3 is 0 Å². The molecule has 1 aromatic rings. The van der Waals surface area contributed by atoms with Crippen molar-refractivity contribution in [3.05, 3.63) is 17.5 Å². The summed E-state index contributed by atoms with van der Waals surface area (Å²) in [4.78, 5) is 6.15. The number of thiophene rings is 1. The standard InChI is InChI=1S/C12H20N4O3S2/c1-10-9-16(6-7-19-10)12(13)14-4-5-15-21(17,18)11-3-2-8-20-11/h2-3,8,10,15H,4-7,9H2,1H3,(H2,13,14). The van der Waals surface area contributed by atoms with Gasteiger partial charge in [-0.15, -0.1) is 11.3 Å². The van der Waals surface area contributed by atoms with Crippen LogP contribution < -0.4 is 10.5 Å². The maximum absolute atomic E-state index is 11.9. The molecule has 2 rings (SSSR count). The quantitative estimate of drug-likeness (QED) is 0.451. The summed E-state index contributed by atoms with van der Waals surface area (Å²) in [5.41, 5.74) is 5.90. The molecule has 1 aliphatic rings. The van der Waals surface area contributed by atoms with Gasteiger partial charge in [-0.1, -0.05) is 6.07 Å². The maximum atomic E-state index is 11.9. The smallest absolute Gasteiger partial charge is 0.250 e. The Morgan fingerprint density at radius 2 is 2.48 bits per heavy atom. The molecule has 2 heterocycles. The van der Waals surface area contributed by atoms with Crippen LogP contribution in [-0.4, -0.2) is 58.2 Å². The molecule has 1 fully saturated rings. The van der Waals surface area contributed by atoms with E-state index in [0.29, 0.717) is 36.4 Å². The van der Waals surface area contributed by atoms with Crippen molar-refractivity contribution in [3.8, 4) is 0 Å². The SMILES string of the molecule is CC1CN(C(N)=NCCNS(=O)(=O)c2cccs2)CCO1. The van der Waals surface area contributed by atoms with E-state index in [1.54, 1.807) is 17.5 Å². The molecule has 0 bridgehead atoms. The Hall–Kier alpha value is -1.16. The second-order valence-corrected chi connectivity index (χ2v) is 7.64. The van der Waals surface area contributed by atoms with Crippen molar-refractivity contribution in [2.24, 2.45) is 10.7 Å². The fourth-order valence-corrected chi connectivity index (χ4v) is 4.02. The van der Waals surface area contributed by atoms with Gasteiger partial charge in [0.2, 0.25) is 10.0 Å². The van der Waals surface area contributed by atoms with Crippen LogP contribution in [0, 0.1) is 0 Å². The van der Waals surface area contributed by atoms with E-state index in [1.807, 2.05) is 11.8 Å². The number of hydrogen-bond acceptors (Lipinski definition) is 5. The summed E-state index contributed by atoms with van der Waals surface area (Å²) in [6.45, 7) is 4.55. The number of nitrogens with one attached hydrogen (secondary N) is 1. The van der Waals surface area contributed by atoms with Crippen molar-refractivity contribution in [2.45, 2.75) is 17.2 Å². The highest BCUT2D eigenvalue weighted by molar-refractivity contribution is 7.91. The van der Waals surface area contributed by atoms with E-state index in [2.05, 4.69) is 9.71 Å². The van der Waals surface area contributed by atoms with E-state index in [4.69, 9.17) is 10.5 Å². The van der Waals surface area contributed by atoms with Gasteiger partial charge < -0.3 is 15.4 Å². The van der Waals surface area contributed by atoms with Gasteiger partial charge in [0.15, 0.2) is 5.96 Å². The molecule has 0 amide bonds. The van der Waals surface area contributed by atoms with Crippen LogP contribution in [-0.2, 0) is 14.8 Å². The third-order valence-corrected chi connectivity index (χ3v) is 5.86. The Morgan fingerprint density at radius 1 is 1.67 bits per heavy atom. The fourth-order valence-electron chi connectivity index (χ4n) is 1.96. The molecule has 3 N–H and O–H groups in total. The first kappa shape index (κ1) is 16.2. The van der Waals surface area contributed by atoms with Crippen molar-refractivity contribution < 1.29 is 13.2 Å². The highest BCUT2D eigenvalue weighted by atomic mass is 32.2. The Kier molecular flexibility index (Phi) is 5.57. The van der Waals surface area contributed by atoms with Crippen LogP contribution in [0.4, 0.5) is 0 Å². The molecule has 0 aliphatic carbocycles. The predicted molar refractivity (Wildman–Crippen MR) is 83.0 cm³/mol. The number of sulfonamides is 1. The highest BCUT2D eigenvalue weighted by Gasteiger charge is 2.18. The molecule has 7 nitrogen and oxygen atoms in total. The van der Waals surface area contributed by atoms with Gasteiger partial charge in [-0.05, 0) is 18.4 Å². The molecule has 1 aromatic heterocycles. The lowest BCUT2D eigenvalue weighted by molar-refractivity contribution is 0.00530. The summed E-state index contributed by atoms with van der Waals surface area (Å²) in [5, 5.41) is 1.73. The molecule has 1 unspecified atom stereocenters. The largest absolute Gasteiger partial charge is 0.375 e. The number of nitrogens with zero attached hydrogens (tertiary/aromatic N) is 2. The van der Waals surface area contributed by atoms with Gasteiger partial charge in [0.05, 0.1) is 19.3 Å². The molecule has 9 heteroatoms. The molecule has 0 aromatic carbocycles. The molecular formula is C12H20N4O3S2. The summed E-state index contributed by atoms with van der Waals surface area (Å²) >= 11 is 1.18. The molecule has 1 atom stereocenters. The van der Waals surface area contributed by atoms with E-state index in [1.165, 1.54) is 11.3 Å². The van der Waals surface area contributed by atoms with E-state index in [0.717, 1.165) is 0 Å². The van der Waals surface area contributed by atoms with Gasteiger partial charge in [-0.2, -0.15) is 0 Å². The third kappa shape index (κ3) is 4.67. The monoisotopic (exact) mass is 332 g/mol. The number of nitrogens with two attached hydrogens (primary N) is 1. The first-order valence-electron chi connectivity index (χ1n) is 6.68. The Bertz CT molecular complexity index is 571. The van der Waals surface area contributed by atoms with Crippen molar-refractivity contribution in [1.29, 1.82) is 0 Å². The Balaban J connectivity index is 1.79. The van der Waals surface area contributed by atoms with Crippen LogP contribution in [0.3, 0.4) is 0 Å². The summed E-state index contributed by atoms with van der Waals surface area (Å²) < 4.78 is 32.0. The van der Waals surface area contributed by atoms with Crippen LogP contribution in [0.2, 0.25) is 0 Å². The third-order valence-electron chi connectivity index (χ3n) is 3.00. The number of morpholine rings is 1. The van der Waals surface area contributed by atoms with Crippen molar-refractivity contribution in [1.82, 2.24) is 9.62 Å². The molecule has 118 valence electrons. The summed E-state index contributed by atoms with van der Waals surface area (Å²) in [6, 6.07) is 3.27. The van der Waals surface area contributed by atoms with Crippen LogP contribution in [0.5, 0.6) is 0 Å². The first-order chi connectivity index (χ1) is 9.99. The lowest BCUT2D eigenvalue weighted by atomic mass is 10.3. The first-order valence-corrected chi connectivity index (χ1v) is 9.05. The lowest BCUT2D eigenvalue weighted by Gasteiger charge is -2.31. The number of guanidine groups is 1. The van der Waals surface area contributed by atoms with Gasteiger partial charge in [0, 0.05) is 19.6 Å². The van der Waals surface area contributed by atoms with Crippen molar-refractivity contribution in [2.75, 3.05) is 32.8 Å². The zero-order valence-corrected chi connectivity index (χ0v) is 13.5. The van der Waals surface area contributed by atoms with Gasteiger partial charge in [-0.25, -0.2) is 13.1 Å². The van der Waals surface area contributed by atoms with Crippen LogP contribution >= 0.6 is 11.3 Å². The lowest BCUT2D eigenvalue weighted by Crippen LogP contribution is -2.48. The second kappa shape index (κ2) is 7.21. The minimum Gasteiger partial charge on any atom is -0.375 e. The average molecular weight is 332 g/mol. The maximum Gasteiger partial charge on any atom is 0.250 e. The van der Waals surface area contributed by atoms with Crippen molar-refractivity contribution in [3.63, 3.8) is 0 Å². The van der Waals surface area contributed by atoms with E-state index < -0.39 is 10.0 Å². The Morgan fingerprint density at radius 3 is 3.14 bits per heavy atom. The zero-order chi connectivity index (χ0) is 15.3. The molecular weight excluding hydrogens is 312 g/mol. The van der Waals surface area contributed by atoms with E-state index in [9.17, 15) is 8.42 Å². The number of rotatable bonds is 5. The number of hydrogen-bond donors (Lipinski definition) is 2. The number of aliphatic imine (C=N–C) groups is 1. The highest BCUT2D eigenvalue weighted by Crippen LogP contribution is 2.14. The van der Waals surface area contributed by atoms with E-state index >= 15 is 0 Å². The minimum absolute atomic E-state index is 0.129. The van der Waals surface area contributed by atoms with Gasteiger partial charge in [0.1, 0.15) is 4.21 Å². The normalized spacial score (nSPS) is 20.7. The molecule has 0 radical (unpaired) electrons. The minimum atomic E-state index is -3.42. The molecule has 21 heavy (non-hydrogen) atoms. The second-order valence-electron chi connectivity index (χ2n) is 4.70. The molecule has 1 saturated heterocycles. The zero-order valence-electron chi connectivity index (χ0n) is 11.9. The fraction of sp³-hybridized carbons (Fsp3) is 0.583. The van der Waals surface area contributed by atoms with E-state index in [-0.39, 0.29) is 12.6 Å². The predicted octanol–water partition coefficient (Wildman–Crippen LogP) is 0.0618. The number of ether oxygens (including phenoxy) is 1. The van der Waals surface area contributed by atoms with Gasteiger partial charge in [0.25, 0.3) is 0 Å². The average Bonchev–Trinajstić information content (AvgIpc) is 2.98. The van der Waals surface area contributed by atoms with Crippen LogP contribution in [0.25, 0.3) is 0 Å². The summed E-state index contributed by atoms with van der Waals surface area (Å²) in [7, 11) is -3.42.